The van der Waals surface area contributed by atoms with Gasteiger partial charge in [0.2, 0.25) is 0 Å². The fourth-order valence-corrected chi connectivity index (χ4v) is 1.85. The summed E-state index contributed by atoms with van der Waals surface area (Å²) in [5, 5.41) is 0. The number of imidazole rings is 1. The second kappa shape index (κ2) is 4.42. The van der Waals surface area contributed by atoms with E-state index in [1.54, 1.807) is 0 Å². The van der Waals surface area contributed by atoms with Crippen molar-refractivity contribution in [1.29, 1.82) is 0 Å². The molecule has 0 aromatic carbocycles. The van der Waals surface area contributed by atoms with Gasteiger partial charge in [-0.3, -0.25) is 0 Å². The molecule has 1 radical (unpaired) electrons. The van der Waals surface area contributed by atoms with Gasteiger partial charge in [-0.15, -0.1) is 0 Å². The Morgan fingerprint density at radius 3 is 2.77 bits per heavy atom. The normalized spacial score (nSPS) is 18.2. The van der Waals surface area contributed by atoms with Crippen molar-refractivity contribution in [2.24, 2.45) is 0 Å². The molecular formula is C10H16N3. The summed E-state index contributed by atoms with van der Waals surface area (Å²) in [4.78, 5) is 6.44. The second-order valence-corrected chi connectivity index (χ2v) is 3.64. The summed E-state index contributed by atoms with van der Waals surface area (Å²) in [5.74, 6) is 0. The molecule has 1 aliphatic heterocycles. The van der Waals surface area contributed by atoms with E-state index in [4.69, 9.17) is 0 Å². The van der Waals surface area contributed by atoms with Crippen LogP contribution in [0.15, 0.2) is 12.5 Å². The minimum Gasteiger partial charge on any atom is -0.337 e. The van der Waals surface area contributed by atoms with Crippen LogP contribution in [0.25, 0.3) is 0 Å². The monoisotopic (exact) mass is 178 g/mol. The van der Waals surface area contributed by atoms with E-state index in [1.807, 2.05) is 12.5 Å². The lowest BCUT2D eigenvalue weighted by atomic mass is 10.4. The van der Waals surface area contributed by atoms with E-state index < -0.39 is 0 Å². The SMILES string of the molecule is [c]1cn(CCCN2CCCC2)cn1. The number of hydrogen-bond acceptors (Lipinski definition) is 2. The van der Waals surface area contributed by atoms with Crippen LogP contribution < -0.4 is 0 Å². The third-order valence-corrected chi connectivity index (χ3v) is 2.59. The van der Waals surface area contributed by atoms with Crippen LogP contribution in [0, 0.1) is 6.20 Å². The van der Waals surface area contributed by atoms with Crippen molar-refractivity contribution in [3.63, 3.8) is 0 Å². The number of aryl methyl sites for hydroxylation is 1. The number of nitrogens with zero attached hydrogens (tertiary/aromatic N) is 3. The predicted molar refractivity (Wildman–Crippen MR) is 51.4 cm³/mol. The van der Waals surface area contributed by atoms with E-state index in [2.05, 4.69) is 20.6 Å². The molecule has 0 saturated carbocycles. The highest BCUT2D eigenvalue weighted by atomic mass is 15.1. The van der Waals surface area contributed by atoms with Crippen LogP contribution in [0.5, 0.6) is 0 Å². The zero-order chi connectivity index (χ0) is 8.93. The summed E-state index contributed by atoms with van der Waals surface area (Å²) in [6.45, 7) is 4.91. The molecule has 13 heavy (non-hydrogen) atoms. The molecule has 0 atom stereocenters. The Bertz CT molecular complexity index is 224. The fraction of sp³-hybridized carbons (Fsp3) is 0.700. The number of hydrogen-bond donors (Lipinski definition) is 0. The minimum absolute atomic E-state index is 1.08. The first-order valence-corrected chi connectivity index (χ1v) is 5.05. The molecule has 3 nitrogen and oxygen atoms in total. The Hall–Kier alpha value is -0.830. The molecular weight excluding hydrogens is 162 g/mol. The molecule has 71 valence electrons. The third kappa shape index (κ3) is 2.56. The molecule has 1 aromatic heterocycles. The van der Waals surface area contributed by atoms with Gasteiger partial charge in [0.25, 0.3) is 0 Å². The molecule has 1 saturated heterocycles. The summed E-state index contributed by atoms with van der Waals surface area (Å²) in [7, 11) is 0. The number of rotatable bonds is 4. The molecule has 0 amide bonds. The van der Waals surface area contributed by atoms with Crippen LogP contribution >= 0.6 is 0 Å². The zero-order valence-electron chi connectivity index (χ0n) is 7.95. The van der Waals surface area contributed by atoms with E-state index in [0.29, 0.717) is 0 Å². The van der Waals surface area contributed by atoms with Gasteiger partial charge in [-0.1, -0.05) is 0 Å². The Kier molecular flexibility index (Phi) is 2.98. The standard InChI is InChI=1S/C10H16N3/c1-2-6-12(5-1)7-3-8-13-9-4-11-10-13/h9-10H,1-3,5-8H2. The first-order valence-electron chi connectivity index (χ1n) is 5.05. The molecule has 0 spiro atoms. The lowest BCUT2D eigenvalue weighted by Gasteiger charge is -2.13. The molecule has 0 bridgehead atoms. The highest BCUT2D eigenvalue weighted by molar-refractivity contribution is 4.72. The molecule has 0 N–H and O–H groups in total. The van der Waals surface area contributed by atoms with Crippen LogP contribution in [-0.4, -0.2) is 34.1 Å². The van der Waals surface area contributed by atoms with Crippen LogP contribution in [0.4, 0.5) is 0 Å². The molecule has 1 fully saturated rings. The summed E-state index contributed by atoms with van der Waals surface area (Å²) in [6, 6.07) is 0. The summed E-state index contributed by atoms with van der Waals surface area (Å²) in [5.41, 5.74) is 0. The first-order chi connectivity index (χ1) is 6.45. The van der Waals surface area contributed by atoms with E-state index in [1.165, 1.54) is 38.9 Å². The summed E-state index contributed by atoms with van der Waals surface area (Å²) < 4.78 is 2.09. The van der Waals surface area contributed by atoms with Gasteiger partial charge in [0.05, 0.1) is 6.33 Å². The lowest BCUT2D eigenvalue weighted by molar-refractivity contribution is 0.325. The van der Waals surface area contributed by atoms with Crippen molar-refractivity contribution < 1.29 is 0 Å². The molecule has 2 rings (SSSR count). The van der Waals surface area contributed by atoms with Crippen molar-refractivity contribution >= 4 is 0 Å². The summed E-state index contributed by atoms with van der Waals surface area (Å²) >= 11 is 0. The van der Waals surface area contributed by atoms with Gasteiger partial charge in [0.1, 0.15) is 6.20 Å². The van der Waals surface area contributed by atoms with Crippen LogP contribution in [0.1, 0.15) is 19.3 Å². The minimum atomic E-state index is 1.08. The van der Waals surface area contributed by atoms with Crippen molar-refractivity contribution in [2.45, 2.75) is 25.8 Å². The Morgan fingerprint density at radius 2 is 2.08 bits per heavy atom. The largest absolute Gasteiger partial charge is 0.337 e. The first kappa shape index (κ1) is 8.75. The molecule has 1 aromatic rings. The second-order valence-electron chi connectivity index (χ2n) is 3.64. The van der Waals surface area contributed by atoms with Crippen LogP contribution in [0.3, 0.4) is 0 Å². The highest BCUT2D eigenvalue weighted by Crippen LogP contribution is 2.07. The molecule has 1 aliphatic rings. The van der Waals surface area contributed by atoms with Crippen molar-refractivity contribution in [2.75, 3.05) is 19.6 Å². The molecule has 0 aliphatic carbocycles. The smallest absolute Gasteiger partial charge is 0.108 e. The highest BCUT2D eigenvalue weighted by Gasteiger charge is 2.09. The van der Waals surface area contributed by atoms with Crippen molar-refractivity contribution in [3.05, 3.63) is 18.7 Å². The maximum absolute atomic E-state index is 3.90. The fourth-order valence-electron chi connectivity index (χ4n) is 1.85. The van der Waals surface area contributed by atoms with Gasteiger partial charge in [-0.2, -0.15) is 0 Å². The predicted octanol–water partition coefficient (Wildman–Crippen LogP) is 1.17. The van der Waals surface area contributed by atoms with E-state index in [-0.39, 0.29) is 0 Å². The van der Waals surface area contributed by atoms with Gasteiger partial charge in [-0.05, 0) is 38.9 Å². The van der Waals surface area contributed by atoms with Gasteiger partial charge in [-0.25, -0.2) is 4.98 Å². The summed E-state index contributed by atoms with van der Waals surface area (Å²) in [6.07, 6.45) is 10.6. The molecule has 3 heteroatoms. The van der Waals surface area contributed by atoms with Crippen molar-refractivity contribution in [3.8, 4) is 0 Å². The van der Waals surface area contributed by atoms with Gasteiger partial charge in [0.15, 0.2) is 0 Å². The third-order valence-electron chi connectivity index (χ3n) is 2.59. The quantitative estimate of drug-likeness (QED) is 0.690. The van der Waals surface area contributed by atoms with Crippen molar-refractivity contribution in [1.82, 2.24) is 14.5 Å². The van der Waals surface area contributed by atoms with Gasteiger partial charge < -0.3 is 9.47 Å². The van der Waals surface area contributed by atoms with Crippen LogP contribution in [0.2, 0.25) is 0 Å². The molecule has 0 unspecified atom stereocenters. The van der Waals surface area contributed by atoms with E-state index in [0.717, 1.165) is 6.54 Å². The number of likely N-dealkylation sites (tertiary alicyclic amines) is 1. The zero-order valence-corrected chi connectivity index (χ0v) is 7.95. The average Bonchev–Trinajstić information content (AvgIpc) is 2.75. The van der Waals surface area contributed by atoms with Crippen LogP contribution in [-0.2, 0) is 6.54 Å². The maximum Gasteiger partial charge on any atom is 0.108 e. The van der Waals surface area contributed by atoms with Gasteiger partial charge in [0, 0.05) is 12.7 Å². The van der Waals surface area contributed by atoms with E-state index >= 15 is 0 Å². The lowest BCUT2D eigenvalue weighted by Crippen LogP contribution is -2.21. The maximum atomic E-state index is 3.90. The Labute approximate surface area is 79.4 Å². The Morgan fingerprint density at radius 1 is 1.23 bits per heavy atom. The number of aromatic nitrogens is 2. The topological polar surface area (TPSA) is 21.1 Å². The average molecular weight is 178 g/mol. The van der Waals surface area contributed by atoms with Gasteiger partial charge >= 0.3 is 0 Å². The Balaban J connectivity index is 1.63. The molecule has 2 heterocycles. The van der Waals surface area contributed by atoms with E-state index in [9.17, 15) is 0 Å².